The minimum absolute atomic E-state index is 0.143. The van der Waals surface area contributed by atoms with E-state index in [1.165, 1.54) is 16.7 Å². The number of nitrogens with one attached hydrogen (secondary N) is 1. The van der Waals surface area contributed by atoms with Crippen LogP contribution in [0, 0.1) is 0 Å². The maximum Gasteiger partial charge on any atom is 0.410 e. The van der Waals surface area contributed by atoms with Gasteiger partial charge in [-0.1, -0.05) is 17.7 Å². The molecule has 6 rings (SSSR count). The van der Waals surface area contributed by atoms with Crippen LogP contribution in [-0.4, -0.2) is 105 Å². The average Bonchev–Trinajstić information content (AvgIpc) is 3.57. The summed E-state index contributed by atoms with van der Waals surface area (Å²) in [4.78, 5) is 53.0. The number of carbonyl (C=O) groups is 3. The molecule has 1 aliphatic carbocycles. The first-order valence-corrected chi connectivity index (χ1v) is 18.3. The quantitative estimate of drug-likeness (QED) is 0.289. The van der Waals surface area contributed by atoms with Gasteiger partial charge in [-0.2, -0.15) is 0 Å². The first-order chi connectivity index (χ1) is 23.7. The number of fused-ring (bicyclic) bond motifs is 2. The zero-order valence-electron chi connectivity index (χ0n) is 27.6. The predicted octanol–water partition coefficient (Wildman–Crippen LogP) is 4.58. The smallest absolute Gasteiger partial charge is 0.410 e. The van der Waals surface area contributed by atoms with Crippen LogP contribution in [0.3, 0.4) is 0 Å². The van der Waals surface area contributed by atoms with Crippen molar-refractivity contribution >= 4 is 45.6 Å². The van der Waals surface area contributed by atoms with Crippen LogP contribution < -0.4 is 11.1 Å². The lowest BCUT2D eigenvalue weighted by Crippen LogP contribution is -2.61. The number of piperazine rings is 1. The van der Waals surface area contributed by atoms with Crippen LogP contribution >= 0.6 is 27.5 Å². The molecule has 12 nitrogen and oxygen atoms in total. The van der Waals surface area contributed by atoms with E-state index in [9.17, 15) is 14.4 Å². The zero-order valence-corrected chi connectivity index (χ0v) is 29.9. The number of hydrogen-bond acceptors (Lipinski definition) is 7. The summed E-state index contributed by atoms with van der Waals surface area (Å²) >= 11 is 10.0. The largest absolute Gasteiger partial charge is 0.446 e. The third kappa shape index (κ3) is 8.92. The highest BCUT2D eigenvalue weighted by Crippen LogP contribution is 2.38. The van der Waals surface area contributed by atoms with Crippen LogP contribution in [0.25, 0.3) is 0 Å². The Hall–Kier alpha value is -3.68. The molecule has 49 heavy (non-hydrogen) atoms. The molecule has 4 heterocycles. The third-order valence-corrected chi connectivity index (χ3v) is 10.6. The number of likely N-dealkylation sites (tertiary alicyclic amines) is 1. The van der Waals surface area contributed by atoms with Crippen LogP contribution in [0.4, 0.5) is 9.59 Å². The van der Waals surface area contributed by atoms with E-state index >= 15 is 0 Å². The molecule has 262 valence electrons. The summed E-state index contributed by atoms with van der Waals surface area (Å²) in [6.45, 7) is 4.32. The molecule has 14 heteroatoms. The SMILES string of the molecule is NC(=O)N1CCC(OC(=O)N2CCN(CCCC3c4ccc(Cl)cc4CCc4cc(Br)cnc43)CC2C(=O)NCCCn2ccnc2)CC1. The fourth-order valence-electron chi connectivity index (χ4n) is 7.26. The van der Waals surface area contributed by atoms with Gasteiger partial charge < -0.3 is 25.3 Å². The fourth-order valence-corrected chi connectivity index (χ4v) is 7.84. The Bertz CT molecular complexity index is 1560. The molecule has 0 bridgehead atoms. The Morgan fingerprint density at radius 3 is 2.63 bits per heavy atom. The van der Waals surface area contributed by atoms with Gasteiger partial charge in [-0.05, 0) is 89.5 Å². The van der Waals surface area contributed by atoms with Crippen LogP contribution in [0.1, 0.15) is 60.4 Å². The van der Waals surface area contributed by atoms with E-state index in [1.807, 2.05) is 23.0 Å². The minimum atomic E-state index is -0.680. The second kappa shape index (κ2) is 16.4. The molecule has 2 unspecified atom stereocenters. The van der Waals surface area contributed by atoms with Crippen molar-refractivity contribution in [2.24, 2.45) is 5.73 Å². The summed E-state index contributed by atoms with van der Waals surface area (Å²) in [7, 11) is 0. The number of urea groups is 1. The van der Waals surface area contributed by atoms with Crippen molar-refractivity contribution < 1.29 is 19.1 Å². The second-order valence-corrected chi connectivity index (χ2v) is 14.5. The normalized spacial score (nSPS) is 19.9. The van der Waals surface area contributed by atoms with Gasteiger partial charge in [-0.3, -0.25) is 19.6 Å². The molecule has 2 aromatic heterocycles. The summed E-state index contributed by atoms with van der Waals surface area (Å²) < 4.78 is 8.83. The number of hydrogen-bond donors (Lipinski definition) is 2. The Kier molecular flexibility index (Phi) is 11.7. The topological polar surface area (TPSA) is 139 Å². The molecule has 2 saturated heterocycles. The molecule has 4 amide bonds. The monoisotopic (exact) mass is 754 g/mol. The first-order valence-electron chi connectivity index (χ1n) is 17.1. The lowest BCUT2D eigenvalue weighted by Gasteiger charge is -2.41. The van der Waals surface area contributed by atoms with E-state index in [0.29, 0.717) is 52.1 Å². The minimum Gasteiger partial charge on any atom is -0.446 e. The van der Waals surface area contributed by atoms with E-state index in [2.05, 4.69) is 49.3 Å². The van der Waals surface area contributed by atoms with Crippen LogP contribution in [0.2, 0.25) is 5.02 Å². The van der Waals surface area contributed by atoms with Crippen molar-refractivity contribution in [1.82, 2.24) is 34.6 Å². The summed E-state index contributed by atoms with van der Waals surface area (Å²) in [5.41, 5.74) is 10.3. The maximum absolute atomic E-state index is 13.6. The number of carbonyl (C=O) groups excluding carboxylic acids is 3. The molecule has 3 N–H and O–H groups in total. The fraction of sp³-hybridized carbons (Fsp3) is 0.514. The van der Waals surface area contributed by atoms with Crippen molar-refractivity contribution in [3.63, 3.8) is 0 Å². The number of nitrogens with zero attached hydrogens (tertiary/aromatic N) is 6. The number of benzene rings is 1. The number of piperidine rings is 1. The first kappa shape index (κ1) is 35.2. The van der Waals surface area contributed by atoms with Crippen molar-refractivity contribution in [2.75, 3.05) is 45.8 Å². The molecule has 3 aliphatic rings. The Balaban J connectivity index is 1.10. The highest BCUT2D eigenvalue weighted by atomic mass is 79.9. The molecule has 2 fully saturated rings. The van der Waals surface area contributed by atoms with Crippen molar-refractivity contribution in [3.05, 3.63) is 81.1 Å². The highest BCUT2D eigenvalue weighted by Gasteiger charge is 2.37. The summed E-state index contributed by atoms with van der Waals surface area (Å²) in [6.07, 6.45) is 11.8. The Morgan fingerprint density at radius 1 is 1.04 bits per heavy atom. The zero-order chi connectivity index (χ0) is 34.3. The summed E-state index contributed by atoms with van der Waals surface area (Å²) in [5.74, 6) is -0.0428. The molecule has 0 spiro atoms. The van der Waals surface area contributed by atoms with E-state index in [0.717, 1.165) is 60.4 Å². The average molecular weight is 756 g/mol. The van der Waals surface area contributed by atoms with Gasteiger partial charge in [-0.25, -0.2) is 14.6 Å². The maximum atomic E-state index is 13.6. The van der Waals surface area contributed by atoms with Gasteiger partial charge in [-0.15, -0.1) is 0 Å². The Labute approximate surface area is 300 Å². The number of halogens is 2. The van der Waals surface area contributed by atoms with E-state index in [-0.39, 0.29) is 17.9 Å². The third-order valence-electron chi connectivity index (χ3n) is 9.88. The number of aryl methyl sites for hydroxylation is 3. The second-order valence-electron chi connectivity index (χ2n) is 13.1. The van der Waals surface area contributed by atoms with Gasteiger partial charge in [0, 0.05) is 92.7 Å². The summed E-state index contributed by atoms with van der Waals surface area (Å²) in [6, 6.07) is 7.24. The molecule has 0 saturated carbocycles. The Morgan fingerprint density at radius 2 is 1.86 bits per heavy atom. The number of rotatable bonds is 10. The van der Waals surface area contributed by atoms with Gasteiger partial charge >= 0.3 is 12.1 Å². The number of nitrogens with two attached hydrogens (primary N) is 1. The van der Waals surface area contributed by atoms with Gasteiger partial charge in [0.05, 0.1) is 12.0 Å². The van der Waals surface area contributed by atoms with Crippen molar-refractivity contribution in [3.8, 4) is 0 Å². The lowest BCUT2D eigenvalue weighted by molar-refractivity contribution is -0.128. The lowest BCUT2D eigenvalue weighted by atomic mass is 9.87. The number of imidazole rings is 1. The molecule has 2 atom stereocenters. The van der Waals surface area contributed by atoms with E-state index in [4.69, 9.17) is 27.1 Å². The number of aromatic nitrogens is 3. The molecule has 2 aliphatic heterocycles. The number of pyridine rings is 1. The van der Waals surface area contributed by atoms with Crippen LogP contribution in [0.15, 0.2) is 53.7 Å². The molecule has 1 aromatic carbocycles. The number of amides is 4. The summed E-state index contributed by atoms with van der Waals surface area (Å²) in [5, 5.41) is 3.80. The number of ether oxygens (including phenoxy) is 1. The highest BCUT2D eigenvalue weighted by molar-refractivity contribution is 9.10. The molecule has 0 radical (unpaired) electrons. The van der Waals surface area contributed by atoms with Gasteiger partial charge in [0.1, 0.15) is 12.1 Å². The van der Waals surface area contributed by atoms with Crippen molar-refractivity contribution in [1.29, 1.82) is 0 Å². The molecular weight excluding hydrogens is 712 g/mol. The molecule has 3 aromatic rings. The molecular formula is C35H44BrClN8O4. The standard InChI is InChI=1S/C35H44BrClN8O4/c36-26-19-25-5-4-24-20-27(37)6-7-29(24)30(32(25)41-21-26)3-1-12-42-17-18-45(35(48)49-28-8-14-44(15-9-28)34(38)47)31(22-42)33(46)40-10-2-13-43-16-11-39-23-43/h6-7,11,16,19-21,23,28,30-31H,1-5,8-10,12-15,17-18,22H2,(H2,38,47)(H,40,46). The van der Waals surface area contributed by atoms with Gasteiger partial charge in [0.25, 0.3) is 0 Å². The van der Waals surface area contributed by atoms with E-state index < -0.39 is 18.2 Å². The van der Waals surface area contributed by atoms with Crippen molar-refractivity contribution in [2.45, 2.75) is 69.6 Å². The van der Waals surface area contributed by atoms with Gasteiger partial charge in [0.15, 0.2) is 0 Å². The predicted molar refractivity (Wildman–Crippen MR) is 189 cm³/mol. The van der Waals surface area contributed by atoms with Crippen LogP contribution in [0.5, 0.6) is 0 Å². The van der Waals surface area contributed by atoms with Crippen LogP contribution in [-0.2, 0) is 28.9 Å². The van der Waals surface area contributed by atoms with Gasteiger partial charge in [0.2, 0.25) is 5.91 Å². The van der Waals surface area contributed by atoms with E-state index in [1.54, 1.807) is 22.3 Å². The number of primary amides is 1.